The fourth-order valence-corrected chi connectivity index (χ4v) is 2.78. The van der Waals surface area contributed by atoms with Gasteiger partial charge in [-0.15, -0.1) is 0 Å². The molecule has 5 nitrogen and oxygen atoms in total. The molecular formula is C12H16ClN3O2S. The first-order valence-corrected chi connectivity index (χ1v) is 7.55. The number of anilines is 1. The number of aromatic nitrogens is 2. The highest BCUT2D eigenvalue weighted by Gasteiger charge is 2.18. The predicted octanol–water partition coefficient (Wildman–Crippen LogP) is 2.54. The van der Waals surface area contributed by atoms with Crippen molar-refractivity contribution in [2.45, 2.75) is 24.9 Å². The number of hydrogen-bond acceptors (Lipinski definition) is 5. The van der Waals surface area contributed by atoms with Crippen LogP contribution in [0.2, 0.25) is 5.15 Å². The van der Waals surface area contributed by atoms with Crippen LogP contribution in [0.1, 0.15) is 19.8 Å². The first-order valence-electron chi connectivity index (χ1n) is 6.18. The largest absolute Gasteiger partial charge is 0.481 e. The van der Waals surface area contributed by atoms with Gasteiger partial charge in [-0.2, -0.15) is 0 Å². The molecule has 7 heteroatoms. The van der Waals surface area contributed by atoms with Gasteiger partial charge in [0, 0.05) is 19.2 Å². The maximum absolute atomic E-state index is 10.6. The number of nitrogens with zero attached hydrogens (tertiary/aromatic N) is 3. The third-order valence-electron chi connectivity index (χ3n) is 3.09. The predicted molar refractivity (Wildman–Crippen MR) is 76.0 cm³/mol. The van der Waals surface area contributed by atoms with Crippen molar-refractivity contribution in [3.8, 4) is 0 Å². The molecule has 0 aliphatic carbocycles. The fourth-order valence-electron chi connectivity index (χ4n) is 1.98. The highest BCUT2D eigenvalue weighted by atomic mass is 35.5. The van der Waals surface area contributed by atoms with Crippen molar-refractivity contribution >= 4 is 35.1 Å². The first kappa shape index (κ1) is 14.4. The Morgan fingerprint density at radius 3 is 2.84 bits per heavy atom. The Balaban J connectivity index is 2.09. The minimum Gasteiger partial charge on any atom is -0.481 e. The molecule has 1 saturated heterocycles. The van der Waals surface area contributed by atoms with E-state index >= 15 is 0 Å². The lowest BCUT2D eigenvalue weighted by atomic mass is 9.99. The van der Waals surface area contributed by atoms with Crippen LogP contribution in [-0.2, 0) is 4.79 Å². The molecule has 104 valence electrons. The summed E-state index contributed by atoms with van der Waals surface area (Å²) in [5.41, 5.74) is 0. The zero-order valence-electron chi connectivity index (χ0n) is 10.7. The first-order chi connectivity index (χ1) is 9.04. The number of rotatable bonds is 4. The normalized spacial score (nSPS) is 16.6. The van der Waals surface area contributed by atoms with E-state index in [0.29, 0.717) is 10.3 Å². The molecule has 1 aliphatic rings. The quantitative estimate of drug-likeness (QED) is 0.524. The Morgan fingerprint density at radius 1 is 1.53 bits per heavy atom. The van der Waals surface area contributed by atoms with Crippen molar-refractivity contribution in [3.63, 3.8) is 0 Å². The second-order valence-corrected chi connectivity index (χ2v) is 6.01. The van der Waals surface area contributed by atoms with Gasteiger partial charge in [0.25, 0.3) is 0 Å². The van der Waals surface area contributed by atoms with Gasteiger partial charge in [-0.1, -0.05) is 30.3 Å². The summed E-state index contributed by atoms with van der Waals surface area (Å²) in [5.74, 6) is 0.590. The zero-order valence-corrected chi connectivity index (χ0v) is 12.2. The van der Waals surface area contributed by atoms with E-state index in [2.05, 4.69) is 21.8 Å². The van der Waals surface area contributed by atoms with Crippen LogP contribution in [0.5, 0.6) is 0 Å². The summed E-state index contributed by atoms with van der Waals surface area (Å²) in [4.78, 5) is 21.2. The van der Waals surface area contributed by atoms with Crippen LogP contribution in [-0.4, -0.2) is 39.9 Å². The molecule has 0 saturated carbocycles. The fraction of sp³-hybridized carbons (Fsp3) is 0.583. The summed E-state index contributed by atoms with van der Waals surface area (Å²) >= 11 is 7.06. The molecule has 0 radical (unpaired) electrons. The lowest BCUT2D eigenvalue weighted by Crippen LogP contribution is -2.33. The molecule has 2 heterocycles. The van der Waals surface area contributed by atoms with Crippen LogP contribution in [0, 0.1) is 5.92 Å². The van der Waals surface area contributed by atoms with Crippen LogP contribution in [0.15, 0.2) is 11.2 Å². The van der Waals surface area contributed by atoms with Gasteiger partial charge in [0.1, 0.15) is 11.0 Å². The monoisotopic (exact) mass is 301 g/mol. The summed E-state index contributed by atoms with van der Waals surface area (Å²) in [6, 6.07) is 1.74. The van der Waals surface area contributed by atoms with Gasteiger partial charge >= 0.3 is 5.97 Å². The molecule has 1 N–H and O–H groups in total. The number of hydrogen-bond donors (Lipinski definition) is 1. The van der Waals surface area contributed by atoms with Gasteiger partial charge in [0.15, 0.2) is 5.16 Å². The summed E-state index contributed by atoms with van der Waals surface area (Å²) in [6.07, 6.45) is 2.28. The van der Waals surface area contributed by atoms with E-state index in [9.17, 15) is 4.79 Å². The summed E-state index contributed by atoms with van der Waals surface area (Å²) < 4.78 is 0. The molecule has 1 aromatic heterocycles. The van der Waals surface area contributed by atoms with Gasteiger partial charge in [-0.3, -0.25) is 4.79 Å². The molecule has 0 spiro atoms. The molecule has 0 aromatic carbocycles. The molecule has 0 unspecified atom stereocenters. The van der Waals surface area contributed by atoms with Crippen molar-refractivity contribution in [3.05, 3.63) is 11.2 Å². The van der Waals surface area contributed by atoms with Crippen LogP contribution in [0.25, 0.3) is 0 Å². The van der Waals surface area contributed by atoms with E-state index in [-0.39, 0.29) is 5.75 Å². The highest BCUT2D eigenvalue weighted by molar-refractivity contribution is 7.99. The van der Waals surface area contributed by atoms with E-state index < -0.39 is 5.97 Å². The molecule has 2 rings (SSSR count). The summed E-state index contributed by atoms with van der Waals surface area (Å²) in [6.45, 7) is 4.16. The van der Waals surface area contributed by atoms with Gasteiger partial charge in [0.05, 0.1) is 5.75 Å². The van der Waals surface area contributed by atoms with Crippen LogP contribution in [0.3, 0.4) is 0 Å². The second-order valence-electron chi connectivity index (χ2n) is 4.68. The number of carboxylic acid groups (broad SMARTS) is 1. The average molecular weight is 302 g/mol. The number of carboxylic acids is 1. The molecule has 0 atom stereocenters. The topological polar surface area (TPSA) is 66.3 Å². The molecule has 1 aromatic rings. The van der Waals surface area contributed by atoms with Crippen molar-refractivity contribution < 1.29 is 9.90 Å². The molecule has 19 heavy (non-hydrogen) atoms. The Labute approximate surface area is 121 Å². The van der Waals surface area contributed by atoms with Crippen molar-refractivity contribution in [1.29, 1.82) is 0 Å². The molecule has 1 aliphatic heterocycles. The zero-order chi connectivity index (χ0) is 13.8. The minimum atomic E-state index is -0.887. The Bertz CT molecular complexity index is 464. The third-order valence-corrected chi connectivity index (χ3v) is 4.12. The minimum absolute atomic E-state index is 0.0587. The smallest absolute Gasteiger partial charge is 0.313 e. The number of carbonyl (C=O) groups is 1. The van der Waals surface area contributed by atoms with Crippen molar-refractivity contribution in [2.24, 2.45) is 5.92 Å². The van der Waals surface area contributed by atoms with Gasteiger partial charge < -0.3 is 10.0 Å². The lowest BCUT2D eigenvalue weighted by Gasteiger charge is -2.31. The van der Waals surface area contributed by atoms with E-state index in [1.54, 1.807) is 6.07 Å². The van der Waals surface area contributed by atoms with Crippen molar-refractivity contribution in [2.75, 3.05) is 23.7 Å². The average Bonchev–Trinajstić information content (AvgIpc) is 2.36. The number of halogens is 1. The Morgan fingerprint density at radius 2 is 2.21 bits per heavy atom. The Hall–Kier alpha value is -1.01. The molecule has 0 bridgehead atoms. The van der Waals surface area contributed by atoms with E-state index in [0.717, 1.165) is 49.4 Å². The Kier molecular flexibility index (Phi) is 4.87. The van der Waals surface area contributed by atoms with Gasteiger partial charge in [0.2, 0.25) is 0 Å². The number of aliphatic carboxylic acids is 1. The summed E-state index contributed by atoms with van der Waals surface area (Å²) in [7, 11) is 0. The van der Waals surface area contributed by atoms with Crippen LogP contribution >= 0.6 is 23.4 Å². The maximum Gasteiger partial charge on any atom is 0.313 e. The molecule has 1 fully saturated rings. The van der Waals surface area contributed by atoms with Crippen LogP contribution in [0.4, 0.5) is 5.82 Å². The highest BCUT2D eigenvalue weighted by Crippen LogP contribution is 2.25. The van der Waals surface area contributed by atoms with Gasteiger partial charge in [-0.25, -0.2) is 9.97 Å². The second kappa shape index (κ2) is 6.43. The standard InChI is InChI=1S/C12H16ClN3O2S/c1-8-2-4-16(5-3-8)10-6-9(13)14-12(15-10)19-7-11(17)18/h6,8H,2-5,7H2,1H3,(H,17,18). The van der Waals surface area contributed by atoms with Crippen molar-refractivity contribution in [1.82, 2.24) is 9.97 Å². The summed E-state index contributed by atoms with van der Waals surface area (Å²) in [5, 5.41) is 9.45. The third kappa shape index (κ3) is 4.24. The van der Waals surface area contributed by atoms with Gasteiger partial charge in [-0.05, 0) is 18.8 Å². The molecular weight excluding hydrogens is 286 g/mol. The SMILES string of the molecule is CC1CCN(c2cc(Cl)nc(SCC(=O)O)n2)CC1. The number of thioether (sulfide) groups is 1. The van der Waals surface area contributed by atoms with E-state index in [1.807, 2.05) is 0 Å². The maximum atomic E-state index is 10.6. The lowest BCUT2D eigenvalue weighted by molar-refractivity contribution is -0.133. The van der Waals surface area contributed by atoms with E-state index in [1.165, 1.54) is 0 Å². The van der Waals surface area contributed by atoms with Crippen LogP contribution < -0.4 is 4.90 Å². The molecule has 0 amide bonds. The van der Waals surface area contributed by atoms with E-state index in [4.69, 9.17) is 16.7 Å². The number of piperidine rings is 1.